The van der Waals surface area contributed by atoms with Gasteiger partial charge in [0.2, 0.25) is 5.91 Å². The largest absolute Gasteiger partial charge is 0.391 e. The van der Waals surface area contributed by atoms with Crippen molar-refractivity contribution < 1.29 is 19.4 Å². The number of hydrogen-bond acceptors (Lipinski definition) is 5. The zero-order valence-electron chi connectivity index (χ0n) is 19.3. The van der Waals surface area contributed by atoms with E-state index >= 15 is 0 Å². The summed E-state index contributed by atoms with van der Waals surface area (Å²) < 4.78 is 5.45. The number of nitrogens with one attached hydrogen (secondary N) is 1. The monoisotopic (exact) mass is 478 g/mol. The maximum Gasteiger partial charge on any atom is 0.321 e. The van der Waals surface area contributed by atoms with Crippen LogP contribution in [0.1, 0.15) is 32.1 Å². The lowest BCUT2D eigenvalue weighted by atomic mass is 9.90. The van der Waals surface area contributed by atoms with Gasteiger partial charge in [-0.05, 0) is 55.8 Å². The average Bonchev–Trinajstić information content (AvgIpc) is 3.59. The van der Waals surface area contributed by atoms with Gasteiger partial charge in [-0.1, -0.05) is 17.7 Å². The van der Waals surface area contributed by atoms with Gasteiger partial charge in [-0.2, -0.15) is 0 Å². The summed E-state index contributed by atoms with van der Waals surface area (Å²) in [4.78, 5) is 31.5. The molecule has 1 aliphatic carbocycles. The number of piperidine rings is 1. The van der Waals surface area contributed by atoms with Crippen molar-refractivity contribution in [1.29, 1.82) is 0 Å². The second kappa shape index (κ2) is 10.6. The molecule has 1 aromatic carbocycles. The zero-order valence-corrected chi connectivity index (χ0v) is 20.1. The Labute approximate surface area is 200 Å². The minimum atomic E-state index is -0.237. The Hall–Kier alpha value is -1.87. The predicted molar refractivity (Wildman–Crippen MR) is 127 cm³/mol. The van der Waals surface area contributed by atoms with Crippen LogP contribution in [0.25, 0.3) is 0 Å². The minimum absolute atomic E-state index is 0.0470. The van der Waals surface area contributed by atoms with Crippen molar-refractivity contribution in [1.82, 2.24) is 14.7 Å². The number of amides is 3. The highest BCUT2D eigenvalue weighted by Crippen LogP contribution is 2.53. The molecule has 1 spiro atoms. The third-order valence-electron chi connectivity index (χ3n) is 7.42. The summed E-state index contributed by atoms with van der Waals surface area (Å²) in [5, 5.41) is 13.9. The average molecular weight is 479 g/mol. The van der Waals surface area contributed by atoms with Gasteiger partial charge >= 0.3 is 6.03 Å². The van der Waals surface area contributed by atoms with E-state index in [-0.39, 0.29) is 35.9 Å². The maximum absolute atomic E-state index is 12.9. The van der Waals surface area contributed by atoms with Gasteiger partial charge in [0.1, 0.15) is 0 Å². The van der Waals surface area contributed by atoms with Gasteiger partial charge in [0.25, 0.3) is 0 Å². The third-order valence-corrected chi connectivity index (χ3v) is 7.66. The van der Waals surface area contributed by atoms with E-state index in [4.69, 9.17) is 16.3 Å². The van der Waals surface area contributed by atoms with Crippen LogP contribution in [0.2, 0.25) is 5.02 Å². The molecule has 2 aliphatic heterocycles. The smallest absolute Gasteiger partial charge is 0.321 e. The fourth-order valence-corrected chi connectivity index (χ4v) is 5.26. The molecule has 9 heteroatoms. The first-order valence-corrected chi connectivity index (χ1v) is 12.3. The Bertz CT molecular complexity index is 850. The topological polar surface area (TPSA) is 85.3 Å². The van der Waals surface area contributed by atoms with Crippen molar-refractivity contribution in [3.8, 4) is 0 Å². The predicted octanol–water partition coefficient (Wildman–Crippen LogP) is 2.66. The molecule has 4 rings (SSSR count). The first-order chi connectivity index (χ1) is 15.9. The van der Waals surface area contributed by atoms with E-state index in [1.807, 2.05) is 4.90 Å². The molecule has 2 heterocycles. The zero-order chi connectivity index (χ0) is 23.4. The number of rotatable bonds is 7. The van der Waals surface area contributed by atoms with Crippen molar-refractivity contribution in [3.63, 3.8) is 0 Å². The van der Waals surface area contributed by atoms with Crippen molar-refractivity contribution in [2.24, 2.45) is 5.41 Å². The van der Waals surface area contributed by atoms with Gasteiger partial charge in [-0.25, -0.2) is 4.79 Å². The van der Waals surface area contributed by atoms with Gasteiger partial charge in [0.05, 0.1) is 18.8 Å². The number of urea groups is 1. The number of β-amino-alcohol motifs (C(OH)–C–C–N with tert-alkyl or cyclic N) is 1. The van der Waals surface area contributed by atoms with Gasteiger partial charge in [-0.3, -0.25) is 4.79 Å². The molecular weight excluding hydrogens is 444 g/mol. The molecular formula is C24H35ClN4O4. The SMILES string of the molecule is COC[C@@H](CCN1CCC2(CC2)[C@H](O)C1)N1CCN(C(=O)Nc2cccc(Cl)c2)CCC1=O. The molecule has 0 bridgehead atoms. The van der Waals surface area contributed by atoms with Crippen LogP contribution in [0.3, 0.4) is 0 Å². The molecule has 0 aromatic heterocycles. The maximum atomic E-state index is 12.9. The summed E-state index contributed by atoms with van der Waals surface area (Å²) in [7, 11) is 1.65. The second-order valence-corrected chi connectivity index (χ2v) is 10.0. The Balaban J connectivity index is 1.31. The quantitative estimate of drug-likeness (QED) is 0.629. The highest BCUT2D eigenvalue weighted by Gasteiger charge is 2.51. The van der Waals surface area contributed by atoms with E-state index in [1.165, 1.54) is 0 Å². The first-order valence-electron chi connectivity index (χ1n) is 11.9. The summed E-state index contributed by atoms with van der Waals surface area (Å²) in [5.41, 5.74) is 0.826. The number of halogens is 1. The molecule has 33 heavy (non-hydrogen) atoms. The highest BCUT2D eigenvalue weighted by molar-refractivity contribution is 6.30. The molecule has 0 unspecified atom stereocenters. The highest BCUT2D eigenvalue weighted by atomic mass is 35.5. The number of likely N-dealkylation sites (tertiary alicyclic amines) is 1. The number of ether oxygens (including phenoxy) is 1. The van der Waals surface area contributed by atoms with E-state index < -0.39 is 0 Å². The van der Waals surface area contributed by atoms with E-state index in [0.29, 0.717) is 43.5 Å². The van der Waals surface area contributed by atoms with Crippen LogP contribution in [0.4, 0.5) is 10.5 Å². The summed E-state index contributed by atoms with van der Waals surface area (Å²) in [6, 6.07) is 6.75. The van der Waals surface area contributed by atoms with Crippen LogP contribution in [0.15, 0.2) is 24.3 Å². The van der Waals surface area contributed by atoms with Crippen molar-refractivity contribution in [2.75, 3.05) is 58.3 Å². The van der Waals surface area contributed by atoms with Crippen LogP contribution in [-0.2, 0) is 9.53 Å². The van der Waals surface area contributed by atoms with Crippen molar-refractivity contribution in [2.45, 2.75) is 44.2 Å². The van der Waals surface area contributed by atoms with Crippen LogP contribution in [-0.4, -0.2) is 96.9 Å². The lowest BCUT2D eigenvalue weighted by molar-refractivity contribution is -0.134. The molecule has 0 radical (unpaired) electrons. The number of carbonyl (C=O) groups excluding carboxylic acids is 2. The molecule has 2 saturated heterocycles. The molecule has 2 N–H and O–H groups in total. The molecule has 3 fully saturated rings. The number of anilines is 1. The normalized spacial score (nSPS) is 24.0. The van der Waals surface area contributed by atoms with E-state index in [9.17, 15) is 14.7 Å². The number of aliphatic hydroxyl groups is 1. The van der Waals surface area contributed by atoms with E-state index in [2.05, 4.69) is 10.2 Å². The number of methoxy groups -OCH3 is 1. The standard InChI is InChI=1S/C24H35ClN4O4/c1-33-17-20(5-10-27-12-9-24(7-8-24)21(30)16-27)29-14-13-28(11-6-22(29)31)23(32)26-19-4-2-3-18(25)15-19/h2-4,15,20-21,30H,5-14,16-17H2,1H3,(H,26,32)/t20-,21-/m1/s1. The van der Waals surface area contributed by atoms with Gasteiger partial charge in [0, 0.05) is 57.0 Å². The second-order valence-electron chi connectivity index (χ2n) is 9.59. The molecule has 2 atom stereocenters. The molecule has 3 aliphatic rings. The number of aliphatic hydroxyl groups excluding tert-OH is 1. The van der Waals surface area contributed by atoms with E-state index in [1.54, 1.807) is 36.3 Å². The summed E-state index contributed by atoms with van der Waals surface area (Å²) >= 11 is 6.01. The van der Waals surface area contributed by atoms with Crippen LogP contribution < -0.4 is 5.32 Å². The van der Waals surface area contributed by atoms with Crippen LogP contribution >= 0.6 is 11.6 Å². The van der Waals surface area contributed by atoms with Gasteiger partial charge in [0.15, 0.2) is 0 Å². The fourth-order valence-electron chi connectivity index (χ4n) is 5.07. The van der Waals surface area contributed by atoms with E-state index in [0.717, 1.165) is 38.8 Å². The van der Waals surface area contributed by atoms with Crippen molar-refractivity contribution in [3.05, 3.63) is 29.3 Å². The lowest BCUT2D eigenvalue weighted by Crippen LogP contribution is -2.49. The van der Waals surface area contributed by atoms with Crippen LogP contribution in [0, 0.1) is 5.41 Å². The summed E-state index contributed by atoms with van der Waals surface area (Å²) in [5.74, 6) is 0.0470. The molecule has 1 saturated carbocycles. The molecule has 8 nitrogen and oxygen atoms in total. The Morgan fingerprint density at radius 2 is 2.09 bits per heavy atom. The third kappa shape index (κ3) is 5.98. The Morgan fingerprint density at radius 1 is 1.27 bits per heavy atom. The molecule has 182 valence electrons. The number of nitrogens with zero attached hydrogens (tertiary/aromatic N) is 3. The Kier molecular flexibility index (Phi) is 7.79. The number of hydrogen-bond donors (Lipinski definition) is 2. The fraction of sp³-hybridized carbons (Fsp3) is 0.667. The molecule has 1 aromatic rings. The van der Waals surface area contributed by atoms with Gasteiger partial charge < -0.3 is 29.9 Å². The molecule has 3 amide bonds. The lowest BCUT2D eigenvalue weighted by Gasteiger charge is -2.38. The minimum Gasteiger partial charge on any atom is -0.391 e. The number of benzene rings is 1. The summed E-state index contributed by atoms with van der Waals surface area (Å²) in [6.07, 6.45) is 4.19. The first kappa shape index (κ1) is 24.3. The number of carbonyl (C=O) groups is 2. The van der Waals surface area contributed by atoms with Crippen molar-refractivity contribution >= 4 is 29.2 Å². The Morgan fingerprint density at radius 3 is 2.79 bits per heavy atom. The summed E-state index contributed by atoms with van der Waals surface area (Å²) in [6.45, 7) is 4.31. The van der Waals surface area contributed by atoms with Gasteiger partial charge in [-0.15, -0.1) is 0 Å². The van der Waals surface area contributed by atoms with Crippen LogP contribution in [0.5, 0.6) is 0 Å².